The highest BCUT2D eigenvalue weighted by Gasteiger charge is 2.35. The van der Waals surface area contributed by atoms with Gasteiger partial charge in [-0.05, 0) is 31.4 Å². The number of hydrogen-bond donors (Lipinski definition) is 0. The summed E-state index contributed by atoms with van der Waals surface area (Å²) < 4.78 is 34.1. The van der Waals surface area contributed by atoms with Crippen molar-refractivity contribution in [2.75, 3.05) is 31.3 Å². The minimum absolute atomic E-state index is 0.0342. The van der Waals surface area contributed by atoms with E-state index >= 15 is 0 Å². The summed E-state index contributed by atoms with van der Waals surface area (Å²) in [7, 11) is -3.11. The predicted octanol–water partition coefficient (Wildman–Crippen LogP) is 2.31. The smallest absolute Gasteiger partial charge is 0.331 e. The molecule has 2 rings (SSSR count). The van der Waals surface area contributed by atoms with Crippen LogP contribution < -0.4 is 4.74 Å². The van der Waals surface area contributed by atoms with E-state index < -0.39 is 22.4 Å². The molecule has 160 valence electrons. The lowest BCUT2D eigenvalue weighted by molar-refractivity contribution is -0.149. The van der Waals surface area contributed by atoms with E-state index in [4.69, 9.17) is 9.47 Å². The maximum absolute atomic E-state index is 12.6. The maximum atomic E-state index is 12.6. The Hall–Kier alpha value is -2.35. The van der Waals surface area contributed by atoms with Crippen LogP contribution in [0.15, 0.2) is 30.3 Å². The zero-order valence-corrected chi connectivity index (χ0v) is 18.0. The summed E-state index contributed by atoms with van der Waals surface area (Å²) in [6.45, 7) is 6.29. The Morgan fingerprint density at radius 2 is 2.00 bits per heavy atom. The normalized spacial score (nSPS) is 18.1. The standard InChI is InChI=1S/C21H29NO6S/c1-4-27-19-8-6-5-7-17(19)9-10-21(24)28-14-20(23)22(13-16(2)3)18-11-12-29(25,26)15-18/h5-10,16,18H,4,11-15H2,1-3H3/b10-9+/t18-/m0/s1. The van der Waals surface area contributed by atoms with Gasteiger partial charge in [-0.3, -0.25) is 4.79 Å². The van der Waals surface area contributed by atoms with E-state index in [0.29, 0.717) is 25.3 Å². The van der Waals surface area contributed by atoms with Gasteiger partial charge in [-0.2, -0.15) is 0 Å². The fraction of sp³-hybridized carbons (Fsp3) is 0.524. The van der Waals surface area contributed by atoms with Crippen molar-refractivity contribution in [1.29, 1.82) is 0 Å². The van der Waals surface area contributed by atoms with Crippen LogP contribution in [0.5, 0.6) is 5.75 Å². The van der Waals surface area contributed by atoms with E-state index in [9.17, 15) is 18.0 Å². The Balaban J connectivity index is 1.96. The summed E-state index contributed by atoms with van der Waals surface area (Å²) in [5, 5.41) is 0. The molecule has 0 N–H and O–H groups in total. The number of rotatable bonds is 9. The molecule has 1 aromatic carbocycles. The van der Waals surface area contributed by atoms with Crippen LogP contribution in [0.4, 0.5) is 0 Å². The topological polar surface area (TPSA) is 90.0 Å². The maximum Gasteiger partial charge on any atom is 0.331 e. The number of nitrogens with zero attached hydrogens (tertiary/aromatic N) is 1. The van der Waals surface area contributed by atoms with Crippen LogP contribution in [0.3, 0.4) is 0 Å². The van der Waals surface area contributed by atoms with E-state index in [1.54, 1.807) is 12.1 Å². The quantitative estimate of drug-likeness (QED) is 0.447. The molecule has 0 aliphatic carbocycles. The number of para-hydroxylation sites is 1. The van der Waals surface area contributed by atoms with Gasteiger partial charge in [0.1, 0.15) is 5.75 Å². The molecule has 0 spiro atoms. The van der Waals surface area contributed by atoms with Gasteiger partial charge in [-0.15, -0.1) is 0 Å². The van der Waals surface area contributed by atoms with E-state index in [2.05, 4.69) is 0 Å². The van der Waals surface area contributed by atoms with Gasteiger partial charge >= 0.3 is 5.97 Å². The molecule has 1 atom stereocenters. The van der Waals surface area contributed by atoms with Crippen molar-refractivity contribution < 1.29 is 27.5 Å². The first-order valence-corrected chi connectivity index (χ1v) is 11.6. The van der Waals surface area contributed by atoms with Crippen LogP contribution in [-0.4, -0.2) is 62.5 Å². The number of ether oxygens (including phenoxy) is 2. The zero-order valence-electron chi connectivity index (χ0n) is 17.2. The Morgan fingerprint density at radius 3 is 2.62 bits per heavy atom. The number of esters is 1. The van der Waals surface area contributed by atoms with E-state index in [-0.39, 0.29) is 29.4 Å². The average molecular weight is 424 g/mol. The van der Waals surface area contributed by atoms with Crippen LogP contribution in [0.2, 0.25) is 0 Å². The van der Waals surface area contributed by atoms with Crippen molar-refractivity contribution in [3.05, 3.63) is 35.9 Å². The van der Waals surface area contributed by atoms with Gasteiger partial charge in [-0.25, -0.2) is 13.2 Å². The first-order valence-electron chi connectivity index (χ1n) is 9.78. The lowest BCUT2D eigenvalue weighted by Gasteiger charge is -2.29. The molecule has 0 unspecified atom stereocenters. The molecule has 1 aromatic rings. The van der Waals surface area contributed by atoms with E-state index in [1.165, 1.54) is 11.0 Å². The van der Waals surface area contributed by atoms with Crippen LogP contribution in [0, 0.1) is 5.92 Å². The van der Waals surface area contributed by atoms with Crippen molar-refractivity contribution in [3.63, 3.8) is 0 Å². The molecular weight excluding hydrogens is 394 g/mol. The van der Waals surface area contributed by atoms with Crippen LogP contribution in [0.25, 0.3) is 6.08 Å². The van der Waals surface area contributed by atoms with Crippen LogP contribution in [-0.2, 0) is 24.2 Å². The van der Waals surface area contributed by atoms with E-state index in [1.807, 2.05) is 39.0 Å². The fourth-order valence-corrected chi connectivity index (χ4v) is 4.93. The molecule has 0 radical (unpaired) electrons. The third-order valence-electron chi connectivity index (χ3n) is 4.49. The van der Waals surface area contributed by atoms with Crippen molar-refractivity contribution in [3.8, 4) is 5.75 Å². The minimum atomic E-state index is -3.11. The summed E-state index contributed by atoms with van der Waals surface area (Å²) in [5.74, 6) is -0.145. The Kier molecular flexibility index (Phi) is 8.25. The molecule has 1 heterocycles. The molecule has 0 saturated carbocycles. The molecule has 0 aromatic heterocycles. The SMILES string of the molecule is CCOc1ccccc1/C=C/C(=O)OCC(=O)N(CC(C)C)[C@H]1CCS(=O)(=O)C1. The Morgan fingerprint density at radius 1 is 1.28 bits per heavy atom. The van der Waals surface area contributed by atoms with Gasteiger partial charge in [-0.1, -0.05) is 32.0 Å². The number of hydrogen-bond acceptors (Lipinski definition) is 6. The van der Waals surface area contributed by atoms with Crippen molar-refractivity contribution in [2.24, 2.45) is 5.92 Å². The molecule has 1 saturated heterocycles. The van der Waals surface area contributed by atoms with Crippen LogP contribution >= 0.6 is 0 Å². The molecule has 29 heavy (non-hydrogen) atoms. The van der Waals surface area contributed by atoms with Gasteiger partial charge in [0.15, 0.2) is 16.4 Å². The lowest BCUT2D eigenvalue weighted by atomic mass is 10.1. The highest BCUT2D eigenvalue weighted by atomic mass is 32.2. The van der Waals surface area contributed by atoms with Gasteiger partial charge in [0.05, 0.1) is 18.1 Å². The number of carbonyl (C=O) groups is 2. The average Bonchev–Trinajstić information content (AvgIpc) is 3.03. The first-order chi connectivity index (χ1) is 13.7. The molecule has 1 fully saturated rings. The third kappa shape index (κ3) is 7.20. The van der Waals surface area contributed by atoms with Crippen LogP contribution in [0.1, 0.15) is 32.8 Å². The van der Waals surface area contributed by atoms with E-state index in [0.717, 1.165) is 5.56 Å². The molecular formula is C21H29NO6S. The molecule has 1 amide bonds. The minimum Gasteiger partial charge on any atom is -0.493 e. The molecule has 1 aliphatic heterocycles. The monoisotopic (exact) mass is 423 g/mol. The molecule has 7 nitrogen and oxygen atoms in total. The Bertz CT molecular complexity index is 846. The number of sulfone groups is 1. The molecule has 1 aliphatic rings. The summed E-state index contributed by atoms with van der Waals surface area (Å²) in [5.41, 5.74) is 0.732. The van der Waals surface area contributed by atoms with Gasteiger partial charge < -0.3 is 14.4 Å². The van der Waals surface area contributed by atoms with Crippen molar-refractivity contribution in [1.82, 2.24) is 4.90 Å². The van der Waals surface area contributed by atoms with Gasteiger partial charge in [0, 0.05) is 24.2 Å². The second kappa shape index (κ2) is 10.4. The zero-order chi connectivity index (χ0) is 21.4. The fourth-order valence-electron chi connectivity index (χ4n) is 3.20. The van der Waals surface area contributed by atoms with Crippen molar-refractivity contribution >= 4 is 27.8 Å². The summed E-state index contributed by atoms with van der Waals surface area (Å²) in [6.07, 6.45) is 3.24. The van der Waals surface area contributed by atoms with Gasteiger partial charge in [0.25, 0.3) is 5.91 Å². The second-order valence-electron chi connectivity index (χ2n) is 7.41. The predicted molar refractivity (Wildman–Crippen MR) is 111 cm³/mol. The third-order valence-corrected chi connectivity index (χ3v) is 6.24. The molecule has 0 bridgehead atoms. The highest BCUT2D eigenvalue weighted by Crippen LogP contribution is 2.20. The van der Waals surface area contributed by atoms with Gasteiger partial charge in [0.2, 0.25) is 0 Å². The number of amides is 1. The Labute approximate surface area is 172 Å². The second-order valence-corrected chi connectivity index (χ2v) is 9.64. The summed E-state index contributed by atoms with van der Waals surface area (Å²) in [4.78, 5) is 26.2. The largest absolute Gasteiger partial charge is 0.493 e. The number of benzene rings is 1. The molecule has 8 heteroatoms. The highest BCUT2D eigenvalue weighted by molar-refractivity contribution is 7.91. The summed E-state index contributed by atoms with van der Waals surface area (Å²) >= 11 is 0. The summed E-state index contributed by atoms with van der Waals surface area (Å²) in [6, 6.07) is 6.92. The lowest BCUT2D eigenvalue weighted by Crippen LogP contribution is -2.45. The van der Waals surface area contributed by atoms with Crippen molar-refractivity contribution in [2.45, 2.75) is 33.2 Å². The first kappa shape index (κ1) is 22.9. The number of carbonyl (C=O) groups excluding carboxylic acids is 2.